The summed E-state index contributed by atoms with van der Waals surface area (Å²) >= 11 is 0. The van der Waals surface area contributed by atoms with E-state index in [0.29, 0.717) is 31.3 Å². The number of piperazine rings is 1. The van der Waals surface area contributed by atoms with Crippen LogP contribution in [0.5, 0.6) is 0 Å². The highest BCUT2D eigenvalue weighted by atomic mass is 16.5. The Morgan fingerprint density at radius 2 is 1.40 bits per heavy atom. The van der Waals surface area contributed by atoms with Crippen LogP contribution in [0.1, 0.15) is 17.2 Å². The molecule has 0 aliphatic carbocycles. The summed E-state index contributed by atoms with van der Waals surface area (Å²) in [5.41, 5.74) is 14.8. The number of ether oxygens (including phenoxy) is 1. The van der Waals surface area contributed by atoms with Gasteiger partial charge in [-0.05, 0) is 74.2 Å². The normalized spacial score (nSPS) is 16.3. The van der Waals surface area contributed by atoms with E-state index in [1.807, 2.05) is 55.5 Å². The van der Waals surface area contributed by atoms with Gasteiger partial charge in [0.1, 0.15) is 28.5 Å². The Morgan fingerprint density at radius 1 is 0.646 bits per heavy atom. The predicted octanol–water partition coefficient (Wildman–Crippen LogP) is 6.83. The van der Waals surface area contributed by atoms with E-state index in [-0.39, 0.29) is 6.10 Å². The molecule has 0 saturated carbocycles. The van der Waals surface area contributed by atoms with Crippen molar-refractivity contribution in [3.63, 3.8) is 0 Å². The Bertz CT molecular complexity index is 3360. The first kappa shape index (κ1) is 39.0. The van der Waals surface area contributed by atoms with Gasteiger partial charge in [-0.1, -0.05) is 12.1 Å². The lowest BCUT2D eigenvalue weighted by atomic mass is 9.96. The molecule has 0 bridgehead atoms. The van der Waals surface area contributed by atoms with Crippen LogP contribution in [0.3, 0.4) is 0 Å². The number of morpholine rings is 1. The summed E-state index contributed by atoms with van der Waals surface area (Å²) in [6.45, 7) is 6.28. The fourth-order valence-electron chi connectivity index (χ4n) is 9.38. The standard InChI is InChI=1S/C48H46N16O/c1-61(2)26-28-15-32(21-50-19-28)31-17-34(42-35(18-31)44(60-58-42)48-54-37-22-51-24-39(45(37)55-48)63-11-9-62(3)10-12-63)41-27-64(13-14-65-41)40-25-52-23-38-46(40)56-47(53-38)43-33-16-29(6-7-36(33)57-59-43)30-5-4-8-49-20-30/h4-8,15-25,41H,9-14,26-27H2,1-3H3,(H,53,56)(H,54,55)(H,57,59)(H,58,60). The lowest BCUT2D eigenvalue weighted by Gasteiger charge is -2.34. The molecule has 1 unspecified atom stereocenters. The molecule has 0 amide bonds. The molecule has 2 saturated heterocycles. The van der Waals surface area contributed by atoms with Crippen LogP contribution in [-0.2, 0) is 11.3 Å². The Morgan fingerprint density at radius 3 is 2.20 bits per heavy atom. The molecule has 17 nitrogen and oxygen atoms in total. The van der Waals surface area contributed by atoms with Crippen LogP contribution in [0.2, 0.25) is 0 Å². The first-order valence-corrected chi connectivity index (χ1v) is 21.9. The number of hydrogen-bond acceptors (Lipinski definition) is 13. The number of nitrogens with one attached hydrogen (secondary N) is 4. The number of aromatic amines is 4. The summed E-state index contributed by atoms with van der Waals surface area (Å²) in [4.78, 5) is 45.0. The van der Waals surface area contributed by atoms with Gasteiger partial charge < -0.3 is 34.3 Å². The van der Waals surface area contributed by atoms with Gasteiger partial charge in [-0.25, -0.2) is 9.97 Å². The number of anilines is 2. The van der Waals surface area contributed by atoms with Crippen molar-refractivity contribution in [2.45, 2.75) is 12.6 Å². The van der Waals surface area contributed by atoms with Crippen LogP contribution in [0.15, 0.2) is 98.1 Å². The van der Waals surface area contributed by atoms with Crippen LogP contribution in [0.25, 0.3) is 89.2 Å². The summed E-state index contributed by atoms with van der Waals surface area (Å²) in [5, 5.41) is 18.2. The third kappa shape index (κ3) is 7.09. The molecule has 8 aromatic heterocycles. The Kier molecular flexibility index (Phi) is 9.54. The topological polar surface area (TPSA) is 188 Å². The second-order valence-corrected chi connectivity index (χ2v) is 17.3. The van der Waals surface area contributed by atoms with Crippen molar-refractivity contribution < 1.29 is 4.74 Å². The van der Waals surface area contributed by atoms with E-state index >= 15 is 0 Å². The average molecular weight is 863 g/mol. The number of hydrogen-bond donors (Lipinski definition) is 4. The lowest BCUT2D eigenvalue weighted by Crippen LogP contribution is -2.44. The molecule has 12 rings (SSSR count). The fraction of sp³-hybridized carbons (Fsp3) is 0.250. The third-order valence-corrected chi connectivity index (χ3v) is 12.7. The number of aromatic nitrogens is 12. The molecule has 324 valence electrons. The SMILES string of the molecule is CN(C)Cc1cncc(-c2cc(C3CN(c4cncc5[nH]c(-c6n[nH]c7ccc(-c8cccnc8)cc67)nc45)CCO3)c3n[nH]c(-c4nc5c(N6CCN(C)CC6)cncc5[nH]4)c3c2)c1. The number of nitrogens with zero attached hydrogens (tertiary/aromatic N) is 12. The summed E-state index contributed by atoms with van der Waals surface area (Å²) < 4.78 is 6.69. The summed E-state index contributed by atoms with van der Waals surface area (Å²) in [6.07, 6.45) is 14.7. The number of H-pyrrole nitrogens is 4. The van der Waals surface area contributed by atoms with E-state index < -0.39 is 0 Å². The van der Waals surface area contributed by atoms with Gasteiger partial charge in [-0.3, -0.25) is 30.1 Å². The van der Waals surface area contributed by atoms with Crippen molar-refractivity contribution in [2.24, 2.45) is 0 Å². The van der Waals surface area contributed by atoms with Gasteiger partial charge in [0.25, 0.3) is 0 Å². The number of benzene rings is 2. The maximum Gasteiger partial charge on any atom is 0.159 e. The molecule has 1 atom stereocenters. The second kappa shape index (κ2) is 15.9. The average Bonchev–Trinajstić information content (AvgIpc) is 4.16. The molecule has 0 spiro atoms. The first-order chi connectivity index (χ1) is 31.9. The smallest absolute Gasteiger partial charge is 0.159 e. The molecule has 2 aromatic carbocycles. The van der Waals surface area contributed by atoms with E-state index in [4.69, 9.17) is 24.9 Å². The largest absolute Gasteiger partial charge is 0.370 e. The van der Waals surface area contributed by atoms with Gasteiger partial charge in [0.15, 0.2) is 11.6 Å². The van der Waals surface area contributed by atoms with Crippen LogP contribution >= 0.6 is 0 Å². The van der Waals surface area contributed by atoms with E-state index in [1.54, 1.807) is 6.20 Å². The molecule has 4 N–H and O–H groups in total. The van der Waals surface area contributed by atoms with E-state index in [2.05, 4.69) is 117 Å². The van der Waals surface area contributed by atoms with Gasteiger partial charge in [0, 0.05) is 98.1 Å². The van der Waals surface area contributed by atoms with Gasteiger partial charge in [0.05, 0.1) is 64.8 Å². The van der Waals surface area contributed by atoms with Crippen molar-refractivity contribution in [3.8, 4) is 45.3 Å². The molecule has 2 aliphatic rings. The number of imidazole rings is 2. The molecule has 10 aromatic rings. The van der Waals surface area contributed by atoms with Crippen LogP contribution < -0.4 is 9.80 Å². The van der Waals surface area contributed by atoms with Gasteiger partial charge >= 0.3 is 0 Å². The molecule has 2 aliphatic heterocycles. The highest BCUT2D eigenvalue weighted by Gasteiger charge is 2.29. The van der Waals surface area contributed by atoms with Crippen molar-refractivity contribution in [1.29, 1.82) is 0 Å². The van der Waals surface area contributed by atoms with Gasteiger partial charge in [0.2, 0.25) is 0 Å². The van der Waals surface area contributed by atoms with Crippen LogP contribution in [0.4, 0.5) is 11.4 Å². The monoisotopic (exact) mass is 862 g/mol. The second-order valence-electron chi connectivity index (χ2n) is 17.3. The van der Waals surface area contributed by atoms with Crippen molar-refractivity contribution >= 4 is 55.2 Å². The van der Waals surface area contributed by atoms with Crippen LogP contribution in [0, 0.1) is 0 Å². The first-order valence-electron chi connectivity index (χ1n) is 21.9. The fourth-order valence-corrected chi connectivity index (χ4v) is 9.38. The Balaban J connectivity index is 0.923. The van der Waals surface area contributed by atoms with E-state index in [9.17, 15) is 0 Å². The minimum absolute atomic E-state index is 0.334. The van der Waals surface area contributed by atoms with Gasteiger partial charge in [-0.2, -0.15) is 10.2 Å². The summed E-state index contributed by atoms with van der Waals surface area (Å²) in [5.74, 6) is 1.36. The lowest BCUT2D eigenvalue weighted by molar-refractivity contribution is 0.0407. The zero-order valence-electron chi connectivity index (χ0n) is 36.2. The Hall–Kier alpha value is -7.60. The molecular weight excluding hydrogens is 817 g/mol. The van der Waals surface area contributed by atoms with Crippen molar-refractivity contribution in [2.75, 3.05) is 76.8 Å². The van der Waals surface area contributed by atoms with Crippen LogP contribution in [-0.4, -0.2) is 137 Å². The predicted molar refractivity (Wildman–Crippen MR) is 252 cm³/mol. The molecular formula is C48H46N16O. The summed E-state index contributed by atoms with van der Waals surface area (Å²) in [6, 6.07) is 16.9. The summed E-state index contributed by atoms with van der Waals surface area (Å²) in [7, 11) is 6.30. The number of pyridine rings is 4. The zero-order chi connectivity index (χ0) is 43.6. The highest BCUT2D eigenvalue weighted by molar-refractivity contribution is 6.00. The zero-order valence-corrected chi connectivity index (χ0v) is 36.2. The number of likely N-dealkylation sites (N-methyl/N-ethyl adjacent to an activating group) is 1. The van der Waals surface area contributed by atoms with E-state index in [1.165, 1.54) is 0 Å². The maximum absolute atomic E-state index is 6.69. The highest BCUT2D eigenvalue weighted by Crippen LogP contribution is 2.40. The third-order valence-electron chi connectivity index (χ3n) is 12.7. The molecule has 10 heterocycles. The Labute approximate surface area is 372 Å². The van der Waals surface area contributed by atoms with Crippen molar-refractivity contribution in [1.82, 2.24) is 70.1 Å². The number of fused-ring (bicyclic) bond motifs is 4. The molecule has 65 heavy (non-hydrogen) atoms. The maximum atomic E-state index is 6.69. The van der Waals surface area contributed by atoms with Crippen molar-refractivity contribution in [3.05, 3.63) is 109 Å². The van der Waals surface area contributed by atoms with Gasteiger partial charge in [-0.15, -0.1) is 0 Å². The molecule has 17 heteroatoms. The molecule has 0 radical (unpaired) electrons. The minimum atomic E-state index is -0.334. The quantitative estimate of drug-likeness (QED) is 0.118. The minimum Gasteiger partial charge on any atom is -0.370 e. The number of rotatable bonds is 9. The molecule has 2 fully saturated rings. The van der Waals surface area contributed by atoms with E-state index in [0.717, 1.165) is 133 Å².